The van der Waals surface area contributed by atoms with Crippen LogP contribution in [0.2, 0.25) is 0 Å². The van der Waals surface area contributed by atoms with E-state index in [9.17, 15) is 21.6 Å². The number of sulfonamides is 1. The van der Waals surface area contributed by atoms with Gasteiger partial charge in [-0.2, -0.15) is 13.2 Å². The predicted molar refractivity (Wildman–Crippen MR) is 92.1 cm³/mol. The van der Waals surface area contributed by atoms with Gasteiger partial charge in [0.1, 0.15) is 5.69 Å². The summed E-state index contributed by atoms with van der Waals surface area (Å²) in [6, 6.07) is 8.95. The minimum atomic E-state index is -4.61. The van der Waals surface area contributed by atoms with Gasteiger partial charge in [0.2, 0.25) is 10.0 Å². The molecule has 0 aliphatic heterocycles. The summed E-state index contributed by atoms with van der Waals surface area (Å²) < 4.78 is 66.9. The van der Waals surface area contributed by atoms with Crippen LogP contribution < -0.4 is 4.72 Å². The second-order valence-corrected chi connectivity index (χ2v) is 7.35. The summed E-state index contributed by atoms with van der Waals surface area (Å²) >= 11 is 0. The van der Waals surface area contributed by atoms with E-state index in [0.717, 1.165) is 18.2 Å². The topological polar surface area (TPSA) is 76.9 Å². The Kier molecular flexibility index (Phi) is 5.29. The van der Waals surface area contributed by atoms with E-state index in [1.54, 1.807) is 41.4 Å². The molecule has 27 heavy (non-hydrogen) atoms. The second-order valence-electron chi connectivity index (χ2n) is 5.58. The number of pyridine rings is 1. The molecule has 0 bridgehead atoms. The summed E-state index contributed by atoms with van der Waals surface area (Å²) in [5, 5.41) is 0. The SMILES string of the molecule is O=S(=O)(NCCn1ccnc1-c1ccccn1)c1cccc(C(F)(F)F)c1. The molecule has 0 aliphatic rings. The van der Waals surface area contributed by atoms with Gasteiger partial charge in [0.05, 0.1) is 10.5 Å². The van der Waals surface area contributed by atoms with Crippen molar-refractivity contribution in [1.82, 2.24) is 19.3 Å². The molecule has 1 N–H and O–H groups in total. The molecule has 6 nitrogen and oxygen atoms in total. The van der Waals surface area contributed by atoms with Crippen LogP contribution in [0, 0.1) is 0 Å². The third kappa shape index (κ3) is 4.52. The van der Waals surface area contributed by atoms with E-state index in [4.69, 9.17) is 0 Å². The Balaban J connectivity index is 1.70. The van der Waals surface area contributed by atoms with E-state index in [-0.39, 0.29) is 13.1 Å². The first-order valence-corrected chi connectivity index (χ1v) is 9.35. The van der Waals surface area contributed by atoms with E-state index in [1.165, 1.54) is 0 Å². The highest BCUT2D eigenvalue weighted by Gasteiger charge is 2.31. The van der Waals surface area contributed by atoms with Crippen molar-refractivity contribution >= 4 is 10.0 Å². The van der Waals surface area contributed by atoms with Gasteiger partial charge < -0.3 is 4.57 Å². The molecular formula is C17H15F3N4O2S. The van der Waals surface area contributed by atoms with Crippen molar-refractivity contribution in [2.24, 2.45) is 0 Å². The largest absolute Gasteiger partial charge is 0.416 e. The maximum Gasteiger partial charge on any atom is 0.416 e. The number of benzene rings is 1. The number of imidazole rings is 1. The zero-order valence-electron chi connectivity index (χ0n) is 13.9. The molecule has 0 unspecified atom stereocenters. The quantitative estimate of drug-likeness (QED) is 0.695. The maximum absolute atomic E-state index is 12.8. The summed E-state index contributed by atoms with van der Waals surface area (Å²) in [6.07, 6.45) is 0.235. The van der Waals surface area contributed by atoms with Crippen molar-refractivity contribution in [2.75, 3.05) is 6.54 Å². The molecule has 0 atom stereocenters. The number of aromatic nitrogens is 3. The van der Waals surface area contributed by atoms with Gasteiger partial charge in [-0.25, -0.2) is 18.1 Å². The molecule has 0 radical (unpaired) electrons. The van der Waals surface area contributed by atoms with E-state index in [1.807, 2.05) is 0 Å². The molecule has 0 fully saturated rings. The fraction of sp³-hybridized carbons (Fsp3) is 0.176. The summed E-state index contributed by atoms with van der Waals surface area (Å²) in [6.45, 7) is 0.221. The fourth-order valence-corrected chi connectivity index (χ4v) is 3.51. The average molecular weight is 396 g/mol. The first-order chi connectivity index (χ1) is 12.8. The van der Waals surface area contributed by atoms with Gasteiger partial charge in [0.15, 0.2) is 5.82 Å². The third-order valence-corrected chi connectivity index (χ3v) is 5.18. The molecule has 10 heteroatoms. The van der Waals surface area contributed by atoms with Gasteiger partial charge in [-0.1, -0.05) is 12.1 Å². The fourth-order valence-electron chi connectivity index (χ4n) is 2.44. The zero-order chi connectivity index (χ0) is 19.5. The molecule has 142 valence electrons. The van der Waals surface area contributed by atoms with Crippen LogP contribution in [0.3, 0.4) is 0 Å². The van der Waals surface area contributed by atoms with E-state index in [0.29, 0.717) is 17.6 Å². The van der Waals surface area contributed by atoms with Gasteiger partial charge in [0.25, 0.3) is 0 Å². The number of alkyl halides is 3. The highest BCUT2D eigenvalue weighted by molar-refractivity contribution is 7.89. The van der Waals surface area contributed by atoms with Crippen LogP contribution in [-0.4, -0.2) is 29.5 Å². The lowest BCUT2D eigenvalue weighted by molar-refractivity contribution is -0.137. The Labute approximate surface area is 153 Å². The Morgan fingerprint density at radius 1 is 1.04 bits per heavy atom. The molecular weight excluding hydrogens is 381 g/mol. The van der Waals surface area contributed by atoms with Crippen LogP contribution in [0.4, 0.5) is 13.2 Å². The summed E-state index contributed by atoms with van der Waals surface area (Å²) in [5.41, 5.74) is -0.388. The lowest BCUT2D eigenvalue weighted by Crippen LogP contribution is -2.27. The van der Waals surface area contributed by atoms with Crippen molar-refractivity contribution in [1.29, 1.82) is 0 Å². The number of rotatable bonds is 6. The van der Waals surface area contributed by atoms with Crippen LogP contribution in [0.25, 0.3) is 11.5 Å². The monoisotopic (exact) mass is 396 g/mol. The van der Waals surface area contributed by atoms with E-state index < -0.39 is 26.7 Å². The number of halogens is 3. The van der Waals surface area contributed by atoms with Gasteiger partial charge in [-0.3, -0.25) is 4.98 Å². The van der Waals surface area contributed by atoms with Gasteiger partial charge in [-0.05, 0) is 30.3 Å². The molecule has 0 saturated carbocycles. The van der Waals surface area contributed by atoms with Crippen molar-refractivity contribution < 1.29 is 21.6 Å². The third-order valence-electron chi connectivity index (χ3n) is 3.73. The Morgan fingerprint density at radius 3 is 2.56 bits per heavy atom. The van der Waals surface area contributed by atoms with Crippen LogP contribution in [0.15, 0.2) is 66.0 Å². The molecule has 2 aromatic heterocycles. The summed E-state index contributed by atoms with van der Waals surface area (Å²) in [5.74, 6) is 0.564. The first-order valence-electron chi connectivity index (χ1n) is 7.87. The Morgan fingerprint density at radius 2 is 1.85 bits per heavy atom. The normalized spacial score (nSPS) is 12.3. The highest BCUT2D eigenvalue weighted by Crippen LogP contribution is 2.30. The Hall–Kier alpha value is -2.72. The lowest BCUT2D eigenvalue weighted by Gasteiger charge is -2.11. The molecule has 2 heterocycles. The van der Waals surface area contributed by atoms with Crippen LogP contribution in [0.1, 0.15) is 5.56 Å². The zero-order valence-corrected chi connectivity index (χ0v) is 14.7. The van der Waals surface area contributed by atoms with Crippen molar-refractivity contribution in [3.05, 3.63) is 66.6 Å². The van der Waals surface area contributed by atoms with Crippen LogP contribution in [-0.2, 0) is 22.7 Å². The average Bonchev–Trinajstić information content (AvgIpc) is 3.10. The number of nitrogens with one attached hydrogen (secondary N) is 1. The maximum atomic E-state index is 12.8. The first kappa shape index (κ1) is 19.1. The van der Waals surface area contributed by atoms with Crippen LogP contribution in [0.5, 0.6) is 0 Å². The highest BCUT2D eigenvalue weighted by atomic mass is 32.2. The molecule has 3 aromatic rings. The van der Waals surface area contributed by atoms with Gasteiger partial charge in [0, 0.05) is 31.7 Å². The van der Waals surface area contributed by atoms with Crippen molar-refractivity contribution in [2.45, 2.75) is 17.6 Å². The predicted octanol–water partition coefficient (Wildman–Crippen LogP) is 2.94. The number of hydrogen-bond donors (Lipinski definition) is 1. The van der Waals surface area contributed by atoms with Crippen molar-refractivity contribution in [3.63, 3.8) is 0 Å². The molecule has 0 amide bonds. The molecule has 1 aromatic carbocycles. The molecule has 0 spiro atoms. The van der Waals surface area contributed by atoms with Gasteiger partial charge in [-0.15, -0.1) is 0 Å². The van der Waals surface area contributed by atoms with E-state index in [2.05, 4.69) is 14.7 Å². The van der Waals surface area contributed by atoms with E-state index >= 15 is 0 Å². The molecule has 0 aliphatic carbocycles. The molecule has 0 saturated heterocycles. The lowest BCUT2D eigenvalue weighted by atomic mass is 10.2. The summed E-state index contributed by atoms with van der Waals surface area (Å²) in [7, 11) is -4.07. The number of hydrogen-bond acceptors (Lipinski definition) is 4. The number of nitrogens with zero attached hydrogens (tertiary/aromatic N) is 3. The van der Waals surface area contributed by atoms with Crippen molar-refractivity contribution in [3.8, 4) is 11.5 Å². The van der Waals surface area contributed by atoms with Gasteiger partial charge >= 0.3 is 6.18 Å². The second kappa shape index (κ2) is 7.49. The summed E-state index contributed by atoms with van der Waals surface area (Å²) in [4.78, 5) is 7.95. The minimum absolute atomic E-state index is 0.0191. The molecule has 3 rings (SSSR count). The standard InChI is InChI=1S/C17H15F3N4O2S/c18-17(19,20)13-4-3-5-14(12-13)27(25,26)23-9-11-24-10-8-22-16(24)15-6-1-2-7-21-15/h1-8,10,12,23H,9,11H2. The van der Waals surface area contributed by atoms with Crippen LogP contribution >= 0.6 is 0 Å². The minimum Gasteiger partial charge on any atom is -0.328 e. The smallest absolute Gasteiger partial charge is 0.328 e. The Bertz CT molecular complexity index is 1020.